The number of hydrogen-bond acceptors (Lipinski definition) is 3. The van der Waals surface area contributed by atoms with E-state index in [1.54, 1.807) is 12.1 Å². The fourth-order valence-electron chi connectivity index (χ4n) is 1.71. The Morgan fingerprint density at radius 1 is 1.41 bits per heavy atom. The molecule has 0 amide bonds. The van der Waals surface area contributed by atoms with Crippen LogP contribution in [0.25, 0.3) is 11.1 Å². The van der Waals surface area contributed by atoms with E-state index in [4.69, 9.17) is 0 Å². The van der Waals surface area contributed by atoms with Gasteiger partial charge < -0.3 is 0 Å². The first-order valence-electron chi connectivity index (χ1n) is 4.96. The maximum absolute atomic E-state index is 10.8. The fourth-order valence-corrected chi connectivity index (χ4v) is 2.52. The van der Waals surface area contributed by atoms with Gasteiger partial charge in [0.2, 0.25) is 0 Å². The Morgan fingerprint density at radius 3 is 2.65 bits per heavy atom. The van der Waals surface area contributed by atoms with Crippen LogP contribution in [0.15, 0.2) is 18.2 Å². The van der Waals surface area contributed by atoms with Crippen LogP contribution in [0.4, 0.5) is 5.69 Å². The van der Waals surface area contributed by atoms with E-state index in [1.807, 2.05) is 13.8 Å². The van der Waals surface area contributed by atoms with Crippen molar-refractivity contribution in [2.75, 3.05) is 0 Å². The van der Waals surface area contributed by atoms with Crippen LogP contribution in [0.2, 0.25) is 0 Å². The molecule has 0 aliphatic heterocycles. The summed E-state index contributed by atoms with van der Waals surface area (Å²) in [7, 11) is 0. The molecular formula is C11H10IN3O2. The molecule has 2 rings (SSSR count). The molecule has 0 aliphatic rings. The maximum atomic E-state index is 10.8. The van der Waals surface area contributed by atoms with E-state index in [1.165, 1.54) is 6.07 Å². The molecule has 17 heavy (non-hydrogen) atoms. The monoisotopic (exact) mass is 343 g/mol. The third kappa shape index (κ3) is 2.17. The Labute approximate surface area is 112 Å². The van der Waals surface area contributed by atoms with Crippen LogP contribution in [0, 0.1) is 27.7 Å². The number of H-pyrrole nitrogens is 1. The predicted molar refractivity (Wildman–Crippen MR) is 72.9 cm³/mol. The minimum absolute atomic E-state index is 0.0991. The van der Waals surface area contributed by atoms with Crippen molar-refractivity contribution in [2.24, 2.45) is 0 Å². The van der Waals surface area contributed by atoms with Crippen molar-refractivity contribution in [3.05, 3.63) is 43.3 Å². The molecule has 0 atom stereocenters. The lowest BCUT2D eigenvalue weighted by atomic mass is 10.0. The second-order valence-corrected chi connectivity index (χ2v) is 4.79. The molecular weight excluding hydrogens is 333 g/mol. The molecule has 0 radical (unpaired) electrons. The standard InChI is InChI=1S/C11H10IN3O2/c1-6-3-4-8(15(16)17)5-9(6)10-7(2)13-14-11(10)12/h3-5H,1-2H3,(H,13,14). The number of nitrogens with one attached hydrogen (secondary N) is 1. The summed E-state index contributed by atoms with van der Waals surface area (Å²) in [6, 6.07) is 4.87. The van der Waals surface area contributed by atoms with E-state index in [0.29, 0.717) is 0 Å². The zero-order valence-corrected chi connectivity index (χ0v) is 11.5. The molecule has 0 bridgehead atoms. The number of aryl methyl sites for hydroxylation is 2. The fraction of sp³-hybridized carbons (Fsp3) is 0.182. The summed E-state index contributed by atoms with van der Waals surface area (Å²) < 4.78 is 0.823. The molecule has 1 N–H and O–H groups in total. The lowest BCUT2D eigenvalue weighted by Crippen LogP contribution is -1.92. The number of halogens is 1. The zero-order valence-electron chi connectivity index (χ0n) is 9.32. The van der Waals surface area contributed by atoms with Gasteiger partial charge >= 0.3 is 0 Å². The van der Waals surface area contributed by atoms with Crippen molar-refractivity contribution < 1.29 is 4.92 Å². The highest BCUT2D eigenvalue weighted by atomic mass is 127. The number of rotatable bonds is 2. The number of aromatic amines is 1. The first-order chi connectivity index (χ1) is 8.00. The first kappa shape index (κ1) is 12.0. The smallest absolute Gasteiger partial charge is 0.270 e. The molecule has 1 heterocycles. The van der Waals surface area contributed by atoms with Crippen LogP contribution < -0.4 is 0 Å². The molecule has 0 fully saturated rings. The van der Waals surface area contributed by atoms with Gasteiger partial charge in [0.05, 0.1) is 4.92 Å². The number of non-ortho nitro benzene ring substituents is 1. The average molecular weight is 343 g/mol. The van der Waals surface area contributed by atoms with Crippen LogP contribution in [0.5, 0.6) is 0 Å². The minimum atomic E-state index is -0.384. The molecule has 1 aromatic carbocycles. The predicted octanol–water partition coefficient (Wildman–Crippen LogP) is 3.21. The van der Waals surface area contributed by atoms with Gasteiger partial charge in [0.15, 0.2) is 0 Å². The summed E-state index contributed by atoms with van der Waals surface area (Å²) >= 11 is 2.12. The van der Waals surface area contributed by atoms with Crippen molar-refractivity contribution in [3.8, 4) is 11.1 Å². The van der Waals surface area contributed by atoms with E-state index in [2.05, 4.69) is 32.8 Å². The van der Waals surface area contributed by atoms with Crippen molar-refractivity contribution in [3.63, 3.8) is 0 Å². The van der Waals surface area contributed by atoms with Gasteiger partial charge in [-0.1, -0.05) is 6.07 Å². The Bertz CT molecular complexity index is 573. The van der Waals surface area contributed by atoms with E-state index in [-0.39, 0.29) is 10.6 Å². The molecule has 2 aromatic rings. The second kappa shape index (κ2) is 4.44. The van der Waals surface area contributed by atoms with Crippen LogP contribution in [-0.2, 0) is 0 Å². The Kier molecular flexibility index (Phi) is 3.14. The molecule has 0 saturated heterocycles. The van der Waals surface area contributed by atoms with Crippen LogP contribution in [0.1, 0.15) is 11.3 Å². The van der Waals surface area contributed by atoms with Crippen molar-refractivity contribution in [1.82, 2.24) is 10.2 Å². The lowest BCUT2D eigenvalue weighted by molar-refractivity contribution is -0.384. The molecule has 0 saturated carbocycles. The van der Waals surface area contributed by atoms with E-state index in [0.717, 1.165) is 26.1 Å². The largest absolute Gasteiger partial charge is 0.281 e. The lowest BCUT2D eigenvalue weighted by Gasteiger charge is -2.05. The summed E-state index contributed by atoms with van der Waals surface area (Å²) in [5.74, 6) is 0. The quantitative estimate of drug-likeness (QED) is 0.517. The molecule has 6 heteroatoms. The minimum Gasteiger partial charge on any atom is -0.281 e. The summed E-state index contributed by atoms with van der Waals surface area (Å²) in [6.45, 7) is 3.84. The molecule has 0 unspecified atom stereocenters. The van der Waals surface area contributed by atoms with Crippen molar-refractivity contribution in [1.29, 1.82) is 0 Å². The van der Waals surface area contributed by atoms with Gasteiger partial charge in [0.1, 0.15) is 3.70 Å². The molecule has 5 nitrogen and oxygen atoms in total. The summed E-state index contributed by atoms with van der Waals surface area (Å²) in [5, 5.41) is 17.8. The zero-order chi connectivity index (χ0) is 12.6. The van der Waals surface area contributed by atoms with Gasteiger partial charge in [-0.25, -0.2) is 0 Å². The molecule has 0 aliphatic carbocycles. The third-order valence-corrected chi connectivity index (χ3v) is 3.38. The molecule has 88 valence electrons. The number of hydrogen-bond donors (Lipinski definition) is 1. The highest BCUT2D eigenvalue weighted by Crippen LogP contribution is 2.32. The Hall–Kier alpha value is -1.44. The van der Waals surface area contributed by atoms with Gasteiger partial charge in [-0.15, -0.1) is 0 Å². The maximum Gasteiger partial charge on any atom is 0.270 e. The Morgan fingerprint density at radius 2 is 2.12 bits per heavy atom. The topological polar surface area (TPSA) is 71.8 Å². The summed E-state index contributed by atoms with van der Waals surface area (Å²) in [5.41, 5.74) is 3.81. The second-order valence-electron chi connectivity index (χ2n) is 3.77. The third-order valence-electron chi connectivity index (χ3n) is 2.60. The van der Waals surface area contributed by atoms with E-state index >= 15 is 0 Å². The first-order valence-corrected chi connectivity index (χ1v) is 6.04. The van der Waals surface area contributed by atoms with Gasteiger partial charge in [0, 0.05) is 23.4 Å². The molecule has 0 spiro atoms. The van der Waals surface area contributed by atoms with Crippen LogP contribution in [0.3, 0.4) is 0 Å². The SMILES string of the molecule is Cc1ccc([N+](=O)[O-])cc1-c1c(I)n[nH]c1C. The number of nitro benzene ring substituents is 1. The van der Waals surface area contributed by atoms with Crippen LogP contribution in [-0.4, -0.2) is 15.1 Å². The van der Waals surface area contributed by atoms with Gasteiger partial charge in [-0.05, 0) is 47.6 Å². The van der Waals surface area contributed by atoms with Crippen LogP contribution >= 0.6 is 22.6 Å². The van der Waals surface area contributed by atoms with Crippen molar-refractivity contribution >= 4 is 28.3 Å². The Balaban J connectivity index is 2.66. The normalized spacial score (nSPS) is 10.5. The number of nitro groups is 1. The number of nitrogens with zero attached hydrogens (tertiary/aromatic N) is 2. The highest BCUT2D eigenvalue weighted by molar-refractivity contribution is 14.1. The van der Waals surface area contributed by atoms with E-state index < -0.39 is 0 Å². The van der Waals surface area contributed by atoms with Crippen molar-refractivity contribution in [2.45, 2.75) is 13.8 Å². The average Bonchev–Trinajstić information content (AvgIpc) is 2.59. The highest BCUT2D eigenvalue weighted by Gasteiger charge is 2.16. The van der Waals surface area contributed by atoms with E-state index in [9.17, 15) is 10.1 Å². The number of benzene rings is 1. The molecule has 1 aromatic heterocycles. The van der Waals surface area contributed by atoms with Gasteiger partial charge in [-0.2, -0.15) is 5.10 Å². The van der Waals surface area contributed by atoms with Gasteiger partial charge in [-0.3, -0.25) is 15.2 Å². The summed E-state index contributed by atoms with van der Waals surface area (Å²) in [6.07, 6.45) is 0. The number of aromatic nitrogens is 2. The summed E-state index contributed by atoms with van der Waals surface area (Å²) in [4.78, 5) is 10.4. The van der Waals surface area contributed by atoms with Gasteiger partial charge in [0.25, 0.3) is 5.69 Å².